The van der Waals surface area contributed by atoms with Gasteiger partial charge in [-0.1, -0.05) is 48.2 Å². The van der Waals surface area contributed by atoms with E-state index < -0.39 is 0 Å². The van der Waals surface area contributed by atoms with Crippen LogP contribution in [-0.2, 0) is 5.75 Å². The first-order chi connectivity index (χ1) is 15.5. The molecule has 0 saturated carbocycles. The summed E-state index contributed by atoms with van der Waals surface area (Å²) in [4.78, 5) is 29.6. The van der Waals surface area contributed by atoms with Crippen LogP contribution >= 0.6 is 11.8 Å². The SMILES string of the molecule is Cc1cc(C(=O)NNC(=O)c2ccccc2CSc2ncn[nH]2)c(C)n1-c1ccccc1. The van der Waals surface area contributed by atoms with Gasteiger partial charge in [0.2, 0.25) is 0 Å². The van der Waals surface area contributed by atoms with Gasteiger partial charge in [-0.3, -0.25) is 25.5 Å². The number of nitrogens with zero attached hydrogens (tertiary/aromatic N) is 3. The van der Waals surface area contributed by atoms with Crippen LogP contribution in [0.3, 0.4) is 0 Å². The van der Waals surface area contributed by atoms with Crippen molar-refractivity contribution in [3.8, 4) is 5.69 Å². The average molecular weight is 447 g/mol. The van der Waals surface area contributed by atoms with E-state index in [4.69, 9.17) is 0 Å². The summed E-state index contributed by atoms with van der Waals surface area (Å²) in [6.45, 7) is 3.82. The maximum absolute atomic E-state index is 12.8. The third-order valence-electron chi connectivity index (χ3n) is 5.00. The number of para-hydroxylation sites is 1. The van der Waals surface area contributed by atoms with Gasteiger partial charge in [-0.25, -0.2) is 4.98 Å². The first kappa shape index (κ1) is 21.4. The second kappa shape index (κ2) is 9.52. The number of rotatable bonds is 6. The van der Waals surface area contributed by atoms with Crippen molar-refractivity contribution in [2.24, 2.45) is 0 Å². The molecule has 2 aromatic heterocycles. The van der Waals surface area contributed by atoms with E-state index in [1.807, 2.05) is 66.9 Å². The number of aromatic amines is 1. The third-order valence-corrected chi connectivity index (χ3v) is 5.92. The van der Waals surface area contributed by atoms with Crippen LogP contribution in [-0.4, -0.2) is 31.6 Å². The minimum atomic E-state index is -0.385. The van der Waals surface area contributed by atoms with Gasteiger partial charge in [0.05, 0.1) is 5.56 Å². The predicted octanol–water partition coefficient (Wildman–Crippen LogP) is 3.58. The van der Waals surface area contributed by atoms with E-state index in [-0.39, 0.29) is 11.8 Å². The standard InChI is InChI=1S/C23H22N6O2S/c1-15-12-20(16(2)29(15)18-9-4-3-5-10-18)22(31)27-26-21(30)19-11-7-6-8-17(19)13-32-23-24-14-25-28-23/h3-12,14H,13H2,1-2H3,(H,26,30)(H,27,31)(H,24,25,28). The Morgan fingerprint density at radius 2 is 1.66 bits per heavy atom. The topological polar surface area (TPSA) is 105 Å². The van der Waals surface area contributed by atoms with Crippen molar-refractivity contribution in [1.82, 2.24) is 30.6 Å². The lowest BCUT2D eigenvalue weighted by Crippen LogP contribution is -2.42. The highest BCUT2D eigenvalue weighted by atomic mass is 32.2. The van der Waals surface area contributed by atoms with Gasteiger partial charge in [-0.05, 0) is 43.7 Å². The Morgan fingerprint density at radius 1 is 0.969 bits per heavy atom. The van der Waals surface area contributed by atoms with Gasteiger partial charge in [0.1, 0.15) is 6.33 Å². The molecule has 32 heavy (non-hydrogen) atoms. The summed E-state index contributed by atoms with van der Waals surface area (Å²) < 4.78 is 2.01. The minimum absolute atomic E-state index is 0.373. The van der Waals surface area contributed by atoms with Crippen LogP contribution in [0.2, 0.25) is 0 Å². The molecule has 0 radical (unpaired) electrons. The molecule has 4 aromatic rings. The minimum Gasteiger partial charge on any atom is -0.318 e. The van der Waals surface area contributed by atoms with Gasteiger partial charge in [0.25, 0.3) is 11.8 Å². The molecular weight excluding hydrogens is 424 g/mol. The molecule has 0 spiro atoms. The fourth-order valence-corrected chi connectivity index (χ4v) is 4.28. The van der Waals surface area contributed by atoms with Crippen molar-refractivity contribution >= 4 is 23.6 Å². The smallest absolute Gasteiger partial charge is 0.271 e. The Hall–Kier alpha value is -3.85. The largest absolute Gasteiger partial charge is 0.318 e. The number of carbonyl (C=O) groups excluding carboxylic acids is 2. The molecule has 0 aliphatic carbocycles. The summed E-state index contributed by atoms with van der Waals surface area (Å²) in [5.41, 5.74) is 9.58. The molecule has 2 heterocycles. The zero-order valence-electron chi connectivity index (χ0n) is 17.6. The van der Waals surface area contributed by atoms with Crippen LogP contribution in [0.5, 0.6) is 0 Å². The predicted molar refractivity (Wildman–Crippen MR) is 123 cm³/mol. The number of carbonyl (C=O) groups is 2. The molecule has 8 nitrogen and oxygen atoms in total. The number of amides is 2. The Kier molecular flexibility index (Phi) is 6.37. The number of aromatic nitrogens is 4. The van der Waals surface area contributed by atoms with Crippen molar-refractivity contribution in [3.63, 3.8) is 0 Å². The Labute approximate surface area is 189 Å². The Bertz CT molecular complexity index is 1230. The van der Waals surface area contributed by atoms with Gasteiger partial charge in [-0.15, -0.1) is 0 Å². The molecule has 0 atom stereocenters. The molecule has 0 aliphatic heterocycles. The molecule has 0 fully saturated rings. The molecular formula is C23H22N6O2S. The zero-order valence-corrected chi connectivity index (χ0v) is 18.4. The molecule has 0 aliphatic rings. The van der Waals surface area contributed by atoms with Crippen LogP contribution in [0.15, 0.2) is 72.1 Å². The molecule has 0 bridgehead atoms. The van der Waals surface area contributed by atoms with Gasteiger partial charge in [0, 0.05) is 28.4 Å². The average Bonchev–Trinajstić information content (AvgIpc) is 3.44. The fraction of sp³-hybridized carbons (Fsp3) is 0.130. The number of hydrogen-bond acceptors (Lipinski definition) is 5. The number of aryl methyl sites for hydroxylation is 1. The van der Waals surface area contributed by atoms with E-state index in [0.717, 1.165) is 22.6 Å². The van der Waals surface area contributed by atoms with Gasteiger partial charge >= 0.3 is 0 Å². The van der Waals surface area contributed by atoms with Crippen LogP contribution in [0.25, 0.3) is 5.69 Å². The maximum Gasteiger partial charge on any atom is 0.271 e. The summed E-state index contributed by atoms with van der Waals surface area (Å²) in [6.07, 6.45) is 1.44. The van der Waals surface area contributed by atoms with Crippen molar-refractivity contribution in [1.29, 1.82) is 0 Å². The second-order valence-electron chi connectivity index (χ2n) is 7.10. The maximum atomic E-state index is 12.8. The third kappa shape index (κ3) is 4.57. The number of H-pyrrole nitrogens is 1. The molecule has 0 saturated heterocycles. The summed E-state index contributed by atoms with van der Waals surface area (Å²) in [5.74, 6) is -0.226. The van der Waals surface area contributed by atoms with Crippen molar-refractivity contribution in [3.05, 3.63) is 95.1 Å². The Morgan fingerprint density at radius 3 is 2.38 bits per heavy atom. The first-order valence-electron chi connectivity index (χ1n) is 9.95. The molecule has 9 heteroatoms. The number of hydrazine groups is 1. The van der Waals surface area contributed by atoms with E-state index in [0.29, 0.717) is 22.0 Å². The molecule has 4 rings (SSSR count). The first-order valence-corrected chi connectivity index (χ1v) is 10.9. The Balaban J connectivity index is 1.44. The summed E-state index contributed by atoms with van der Waals surface area (Å²) in [6, 6.07) is 18.9. The fourth-order valence-electron chi connectivity index (χ4n) is 3.49. The van der Waals surface area contributed by atoms with Crippen LogP contribution < -0.4 is 10.9 Å². The highest BCUT2D eigenvalue weighted by Crippen LogP contribution is 2.22. The second-order valence-corrected chi connectivity index (χ2v) is 8.06. The van der Waals surface area contributed by atoms with Crippen LogP contribution in [0.4, 0.5) is 0 Å². The molecule has 3 N–H and O–H groups in total. The monoisotopic (exact) mass is 446 g/mol. The highest BCUT2D eigenvalue weighted by Gasteiger charge is 2.18. The number of thioether (sulfide) groups is 1. The highest BCUT2D eigenvalue weighted by molar-refractivity contribution is 7.98. The van der Waals surface area contributed by atoms with Gasteiger partial charge in [0.15, 0.2) is 5.16 Å². The lowest BCUT2D eigenvalue weighted by molar-refractivity contribution is 0.0846. The van der Waals surface area contributed by atoms with Crippen molar-refractivity contribution in [2.75, 3.05) is 0 Å². The molecule has 2 amide bonds. The van der Waals surface area contributed by atoms with Gasteiger partial charge < -0.3 is 4.57 Å². The van der Waals surface area contributed by atoms with E-state index in [2.05, 4.69) is 26.0 Å². The lowest BCUT2D eigenvalue weighted by atomic mass is 10.1. The number of nitrogens with one attached hydrogen (secondary N) is 3. The quantitative estimate of drug-likeness (QED) is 0.310. The molecule has 0 unspecified atom stereocenters. The van der Waals surface area contributed by atoms with Gasteiger partial charge in [-0.2, -0.15) is 5.10 Å². The lowest BCUT2D eigenvalue weighted by Gasteiger charge is -2.11. The van der Waals surface area contributed by atoms with Crippen LogP contribution in [0, 0.1) is 13.8 Å². The molecule has 2 aromatic carbocycles. The molecule has 162 valence electrons. The normalized spacial score (nSPS) is 10.7. The summed E-state index contributed by atoms with van der Waals surface area (Å²) >= 11 is 1.44. The van der Waals surface area contributed by atoms with E-state index in [1.165, 1.54) is 18.1 Å². The zero-order chi connectivity index (χ0) is 22.5. The summed E-state index contributed by atoms with van der Waals surface area (Å²) in [5, 5.41) is 7.27. The van der Waals surface area contributed by atoms with E-state index in [1.54, 1.807) is 12.1 Å². The number of benzene rings is 2. The van der Waals surface area contributed by atoms with Crippen molar-refractivity contribution < 1.29 is 9.59 Å². The van der Waals surface area contributed by atoms with E-state index in [9.17, 15) is 9.59 Å². The summed E-state index contributed by atoms with van der Waals surface area (Å²) in [7, 11) is 0. The van der Waals surface area contributed by atoms with Crippen molar-refractivity contribution in [2.45, 2.75) is 24.8 Å². The number of hydrogen-bond donors (Lipinski definition) is 3. The van der Waals surface area contributed by atoms with E-state index >= 15 is 0 Å². The van der Waals surface area contributed by atoms with Crippen LogP contribution in [0.1, 0.15) is 37.7 Å².